The lowest BCUT2D eigenvalue weighted by Crippen LogP contribution is -2.44. The third kappa shape index (κ3) is 4.91. The lowest BCUT2D eigenvalue weighted by Gasteiger charge is -2.33. The Kier molecular flexibility index (Phi) is 5.82. The molecule has 2 amide bonds. The molecule has 3 rings (SSSR count). The van der Waals surface area contributed by atoms with Gasteiger partial charge in [-0.3, -0.25) is 10.1 Å². The molecule has 1 aliphatic rings. The fourth-order valence-electron chi connectivity index (χ4n) is 2.83. The molecule has 1 aromatic heterocycles. The number of likely N-dealkylation sites (N-methyl/N-ethyl adjacent to an activating group) is 1. The van der Waals surface area contributed by atoms with Crippen LogP contribution in [0.3, 0.4) is 0 Å². The van der Waals surface area contributed by atoms with Crippen molar-refractivity contribution in [2.45, 2.75) is 6.54 Å². The SMILES string of the molecule is CN1CCN(c2ccc(CNC(=O)Nc3ccccc3[N+](=O)[O-])cn2)CC1. The van der Waals surface area contributed by atoms with Crippen LogP contribution in [0.5, 0.6) is 0 Å². The van der Waals surface area contributed by atoms with Crippen LogP contribution in [0.15, 0.2) is 42.6 Å². The fraction of sp³-hybridized carbons (Fsp3) is 0.333. The highest BCUT2D eigenvalue weighted by Crippen LogP contribution is 2.22. The number of aromatic nitrogens is 1. The van der Waals surface area contributed by atoms with Crippen molar-refractivity contribution in [2.24, 2.45) is 0 Å². The fourth-order valence-corrected chi connectivity index (χ4v) is 2.83. The number of nitro benzene ring substituents is 1. The van der Waals surface area contributed by atoms with Crippen molar-refractivity contribution in [2.75, 3.05) is 43.4 Å². The van der Waals surface area contributed by atoms with Crippen molar-refractivity contribution in [3.63, 3.8) is 0 Å². The molecule has 2 aromatic rings. The van der Waals surface area contributed by atoms with Crippen molar-refractivity contribution in [3.05, 3.63) is 58.3 Å². The topological polar surface area (TPSA) is 104 Å². The first-order valence-corrected chi connectivity index (χ1v) is 8.69. The second-order valence-electron chi connectivity index (χ2n) is 6.40. The smallest absolute Gasteiger partial charge is 0.319 e. The second-order valence-corrected chi connectivity index (χ2v) is 6.40. The number of piperazine rings is 1. The Bertz CT molecular complexity index is 803. The minimum atomic E-state index is -0.531. The maximum atomic E-state index is 12.0. The first-order chi connectivity index (χ1) is 13.0. The number of nitrogens with zero attached hydrogens (tertiary/aromatic N) is 4. The lowest BCUT2D eigenvalue weighted by atomic mass is 10.2. The van der Waals surface area contributed by atoms with Crippen molar-refractivity contribution in [1.29, 1.82) is 0 Å². The van der Waals surface area contributed by atoms with E-state index < -0.39 is 11.0 Å². The van der Waals surface area contributed by atoms with Crippen LogP contribution < -0.4 is 15.5 Å². The molecule has 0 atom stereocenters. The van der Waals surface area contributed by atoms with E-state index in [1.807, 2.05) is 12.1 Å². The molecule has 0 spiro atoms. The quantitative estimate of drug-likeness (QED) is 0.617. The van der Waals surface area contributed by atoms with E-state index >= 15 is 0 Å². The van der Waals surface area contributed by atoms with Crippen molar-refractivity contribution in [1.82, 2.24) is 15.2 Å². The second kappa shape index (κ2) is 8.45. The van der Waals surface area contributed by atoms with Crippen molar-refractivity contribution >= 4 is 23.2 Å². The van der Waals surface area contributed by atoms with Crippen LogP contribution in [-0.4, -0.2) is 54.1 Å². The zero-order valence-electron chi connectivity index (χ0n) is 15.1. The number of hydrogen-bond acceptors (Lipinski definition) is 6. The molecule has 9 nitrogen and oxygen atoms in total. The summed E-state index contributed by atoms with van der Waals surface area (Å²) in [4.78, 5) is 31.5. The number of pyridine rings is 1. The van der Waals surface area contributed by atoms with Gasteiger partial charge in [0, 0.05) is 45.0 Å². The van der Waals surface area contributed by atoms with Gasteiger partial charge < -0.3 is 20.4 Å². The van der Waals surface area contributed by atoms with E-state index in [0.29, 0.717) is 0 Å². The van der Waals surface area contributed by atoms with Gasteiger partial charge in [-0.2, -0.15) is 0 Å². The predicted octanol–water partition coefficient (Wildman–Crippen LogP) is 2.06. The van der Waals surface area contributed by atoms with E-state index in [1.165, 1.54) is 12.1 Å². The summed E-state index contributed by atoms with van der Waals surface area (Å²) >= 11 is 0. The molecule has 2 heterocycles. The molecule has 1 fully saturated rings. The van der Waals surface area contributed by atoms with E-state index in [9.17, 15) is 14.9 Å². The number of para-hydroxylation sites is 2. The maximum Gasteiger partial charge on any atom is 0.319 e. The van der Waals surface area contributed by atoms with Gasteiger partial charge in [-0.25, -0.2) is 9.78 Å². The highest BCUT2D eigenvalue weighted by Gasteiger charge is 2.16. The molecule has 1 aliphatic heterocycles. The molecule has 0 bridgehead atoms. The Hall–Kier alpha value is -3.20. The molecule has 0 radical (unpaired) electrons. The van der Waals surface area contributed by atoms with E-state index in [1.54, 1.807) is 18.3 Å². The molecule has 0 unspecified atom stereocenters. The number of hydrogen-bond donors (Lipinski definition) is 2. The van der Waals surface area contributed by atoms with Crippen molar-refractivity contribution < 1.29 is 9.72 Å². The summed E-state index contributed by atoms with van der Waals surface area (Å²) < 4.78 is 0. The zero-order valence-corrected chi connectivity index (χ0v) is 15.1. The molecule has 142 valence electrons. The van der Waals surface area contributed by atoms with Gasteiger partial charge in [0.2, 0.25) is 0 Å². The first kappa shape index (κ1) is 18.6. The zero-order chi connectivity index (χ0) is 19.2. The first-order valence-electron chi connectivity index (χ1n) is 8.69. The maximum absolute atomic E-state index is 12.0. The summed E-state index contributed by atoms with van der Waals surface area (Å²) in [6.07, 6.45) is 1.74. The van der Waals surface area contributed by atoms with E-state index in [2.05, 4.69) is 32.5 Å². The number of nitrogens with one attached hydrogen (secondary N) is 2. The molecule has 27 heavy (non-hydrogen) atoms. The Balaban J connectivity index is 1.53. The Morgan fingerprint density at radius 3 is 2.59 bits per heavy atom. The van der Waals surface area contributed by atoms with E-state index in [4.69, 9.17) is 0 Å². The monoisotopic (exact) mass is 370 g/mol. The molecular formula is C18H22N6O3. The van der Waals surface area contributed by atoms with Crippen LogP contribution in [0.2, 0.25) is 0 Å². The van der Waals surface area contributed by atoms with Crippen LogP contribution in [0, 0.1) is 10.1 Å². The summed E-state index contributed by atoms with van der Waals surface area (Å²) in [5, 5.41) is 16.2. The number of nitro groups is 1. The molecule has 1 aromatic carbocycles. The normalized spacial score (nSPS) is 14.6. The largest absolute Gasteiger partial charge is 0.354 e. The van der Waals surface area contributed by atoms with Crippen LogP contribution in [0.4, 0.5) is 22.0 Å². The highest BCUT2D eigenvalue weighted by molar-refractivity contribution is 5.91. The number of urea groups is 1. The van der Waals surface area contributed by atoms with Gasteiger partial charge in [0.15, 0.2) is 0 Å². The summed E-state index contributed by atoms with van der Waals surface area (Å²) in [7, 11) is 2.11. The standard InChI is InChI=1S/C18H22N6O3/c1-22-8-10-23(11-9-22)17-7-6-14(12-19-17)13-20-18(25)21-15-4-2-3-5-16(15)24(26)27/h2-7,12H,8-11,13H2,1H3,(H2,20,21,25). The Labute approximate surface area is 157 Å². The number of amides is 2. The molecule has 9 heteroatoms. The Morgan fingerprint density at radius 1 is 1.19 bits per heavy atom. The minimum Gasteiger partial charge on any atom is -0.354 e. The van der Waals surface area contributed by atoms with Gasteiger partial charge in [-0.1, -0.05) is 18.2 Å². The minimum absolute atomic E-state index is 0.147. The van der Waals surface area contributed by atoms with Gasteiger partial charge >= 0.3 is 6.03 Å². The van der Waals surface area contributed by atoms with Gasteiger partial charge in [-0.05, 0) is 24.7 Å². The third-order valence-electron chi connectivity index (χ3n) is 4.44. The average Bonchev–Trinajstić information content (AvgIpc) is 2.68. The number of anilines is 2. The van der Waals surface area contributed by atoms with Gasteiger partial charge in [-0.15, -0.1) is 0 Å². The third-order valence-corrected chi connectivity index (χ3v) is 4.44. The van der Waals surface area contributed by atoms with E-state index in [0.717, 1.165) is 37.6 Å². The summed E-state index contributed by atoms with van der Waals surface area (Å²) in [5.41, 5.74) is 0.861. The van der Waals surface area contributed by atoms with Crippen LogP contribution in [-0.2, 0) is 6.54 Å². The van der Waals surface area contributed by atoms with Crippen LogP contribution >= 0.6 is 0 Å². The highest BCUT2D eigenvalue weighted by atomic mass is 16.6. The van der Waals surface area contributed by atoms with Gasteiger partial charge in [0.05, 0.1) is 4.92 Å². The number of carbonyl (C=O) groups excluding carboxylic acids is 1. The van der Waals surface area contributed by atoms with Gasteiger partial charge in [0.25, 0.3) is 5.69 Å². The number of carbonyl (C=O) groups is 1. The van der Waals surface area contributed by atoms with Crippen molar-refractivity contribution in [3.8, 4) is 0 Å². The predicted molar refractivity (Wildman–Crippen MR) is 103 cm³/mol. The summed E-state index contributed by atoms with van der Waals surface area (Å²) in [5.74, 6) is 0.927. The number of rotatable bonds is 5. The Morgan fingerprint density at radius 2 is 1.93 bits per heavy atom. The molecule has 0 saturated carbocycles. The lowest BCUT2D eigenvalue weighted by molar-refractivity contribution is -0.383. The number of benzene rings is 1. The summed E-state index contributed by atoms with van der Waals surface area (Å²) in [6.45, 7) is 4.19. The summed E-state index contributed by atoms with van der Waals surface area (Å²) in [6, 6.07) is 9.38. The van der Waals surface area contributed by atoms with Crippen LogP contribution in [0.1, 0.15) is 5.56 Å². The molecule has 1 saturated heterocycles. The van der Waals surface area contributed by atoms with E-state index in [-0.39, 0.29) is 17.9 Å². The van der Waals surface area contributed by atoms with Crippen LogP contribution in [0.25, 0.3) is 0 Å². The molecule has 0 aliphatic carbocycles. The molecule has 2 N–H and O–H groups in total. The van der Waals surface area contributed by atoms with Gasteiger partial charge in [0.1, 0.15) is 11.5 Å². The molecular weight excluding hydrogens is 348 g/mol. The average molecular weight is 370 g/mol.